The fraction of sp³-hybridized carbons (Fsp3) is 0.190. The summed E-state index contributed by atoms with van der Waals surface area (Å²) in [5.74, 6) is 1.09. The molecule has 0 amide bonds. The van der Waals surface area contributed by atoms with Gasteiger partial charge in [-0.3, -0.25) is 4.98 Å². The molecule has 1 heterocycles. The van der Waals surface area contributed by atoms with Crippen molar-refractivity contribution in [1.82, 2.24) is 4.98 Å². The van der Waals surface area contributed by atoms with Crippen LogP contribution in [0.15, 0.2) is 60.9 Å². The molecule has 0 aliphatic heterocycles. The predicted molar refractivity (Wildman–Crippen MR) is 109 cm³/mol. The summed E-state index contributed by atoms with van der Waals surface area (Å²) in [4.78, 5) is 4.02. The highest BCUT2D eigenvalue weighted by Gasteiger charge is 2.15. The van der Waals surface area contributed by atoms with Crippen molar-refractivity contribution >= 4 is 23.2 Å². The Balaban J connectivity index is 1.75. The normalized spacial score (nSPS) is 11.9. The number of nitrogens with zero attached hydrogens (tertiary/aromatic N) is 1. The Labute approximate surface area is 168 Å². The van der Waals surface area contributed by atoms with Crippen molar-refractivity contribution in [3.63, 3.8) is 0 Å². The van der Waals surface area contributed by atoms with Crippen molar-refractivity contribution in [2.45, 2.75) is 19.1 Å². The molecule has 0 spiro atoms. The number of ether oxygens (including phenoxy) is 2. The van der Waals surface area contributed by atoms with Crippen LogP contribution in [0.3, 0.4) is 0 Å². The van der Waals surface area contributed by atoms with Gasteiger partial charge < -0.3 is 15.2 Å². The van der Waals surface area contributed by atoms with Crippen LogP contribution in [0.4, 0.5) is 0 Å². The second-order valence-corrected chi connectivity index (χ2v) is 6.96. The Morgan fingerprint density at radius 2 is 1.70 bits per heavy atom. The van der Waals surface area contributed by atoms with Crippen LogP contribution in [-0.2, 0) is 13.0 Å². The largest absolute Gasteiger partial charge is 0.493 e. The first kappa shape index (κ1) is 19.5. The van der Waals surface area contributed by atoms with Gasteiger partial charge in [0.1, 0.15) is 6.61 Å². The van der Waals surface area contributed by atoms with E-state index in [0.29, 0.717) is 34.6 Å². The number of methoxy groups -OCH3 is 1. The number of benzene rings is 2. The lowest BCUT2D eigenvalue weighted by Crippen LogP contribution is -2.13. The zero-order chi connectivity index (χ0) is 19.2. The monoisotopic (exact) mass is 402 g/mol. The smallest absolute Gasteiger partial charge is 0.180 e. The molecule has 0 saturated carbocycles. The third kappa shape index (κ3) is 5.13. The van der Waals surface area contributed by atoms with Crippen LogP contribution in [0.1, 0.15) is 22.7 Å². The van der Waals surface area contributed by atoms with E-state index in [1.807, 2.05) is 48.5 Å². The topological polar surface area (TPSA) is 57.4 Å². The van der Waals surface area contributed by atoms with Gasteiger partial charge in [0.15, 0.2) is 11.5 Å². The standard InChI is InChI=1S/C21H20Cl2N2O2/c1-26-20-12-15(11-19(24)16-6-8-25-9-7-16)10-18(23)21(20)27-13-14-2-4-17(22)5-3-14/h2-10,12,19H,11,13,24H2,1H3. The number of hydrogen-bond acceptors (Lipinski definition) is 4. The lowest BCUT2D eigenvalue weighted by atomic mass is 10.0. The van der Waals surface area contributed by atoms with Crippen LogP contribution in [0.25, 0.3) is 0 Å². The highest BCUT2D eigenvalue weighted by Crippen LogP contribution is 2.37. The quantitative estimate of drug-likeness (QED) is 0.588. The van der Waals surface area contributed by atoms with Gasteiger partial charge in [0.25, 0.3) is 0 Å². The van der Waals surface area contributed by atoms with Gasteiger partial charge in [0, 0.05) is 23.5 Å². The predicted octanol–water partition coefficient (Wildman–Crippen LogP) is 5.22. The van der Waals surface area contributed by atoms with Crippen molar-refractivity contribution < 1.29 is 9.47 Å². The Kier molecular flexibility index (Phi) is 6.56. The van der Waals surface area contributed by atoms with Gasteiger partial charge in [-0.1, -0.05) is 35.3 Å². The van der Waals surface area contributed by atoms with E-state index in [4.69, 9.17) is 38.4 Å². The molecule has 0 bridgehead atoms. The summed E-state index contributed by atoms with van der Waals surface area (Å²) in [6, 6.07) is 14.9. The van der Waals surface area contributed by atoms with Crippen LogP contribution in [0.2, 0.25) is 10.0 Å². The molecule has 1 atom stereocenters. The maximum Gasteiger partial charge on any atom is 0.180 e. The number of halogens is 2. The average molecular weight is 403 g/mol. The molecule has 140 valence electrons. The first-order valence-corrected chi connectivity index (χ1v) is 9.21. The molecule has 0 aliphatic carbocycles. The van der Waals surface area contributed by atoms with Gasteiger partial charge in [-0.25, -0.2) is 0 Å². The number of hydrogen-bond donors (Lipinski definition) is 1. The minimum Gasteiger partial charge on any atom is -0.493 e. The van der Waals surface area contributed by atoms with Crippen molar-refractivity contribution in [3.8, 4) is 11.5 Å². The summed E-state index contributed by atoms with van der Waals surface area (Å²) in [7, 11) is 1.59. The molecular formula is C21H20Cl2N2O2. The third-order valence-electron chi connectivity index (χ3n) is 4.18. The highest BCUT2D eigenvalue weighted by atomic mass is 35.5. The zero-order valence-electron chi connectivity index (χ0n) is 14.9. The molecule has 6 heteroatoms. The van der Waals surface area contributed by atoms with Crippen molar-refractivity contribution in [3.05, 3.63) is 87.7 Å². The minimum atomic E-state index is -0.158. The first-order chi connectivity index (χ1) is 13.1. The zero-order valence-corrected chi connectivity index (χ0v) is 16.4. The molecular weight excluding hydrogens is 383 g/mol. The van der Waals surface area contributed by atoms with E-state index >= 15 is 0 Å². The molecule has 27 heavy (non-hydrogen) atoms. The van der Waals surface area contributed by atoms with Crippen LogP contribution in [0.5, 0.6) is 11.5 Å². The molecule has 2 aromatic carbocycles. The summed E-state index contributed by atoms with van der Waals surface area (Å²) in [5, 5.41) is 1.17. The molecule has 2 N–H and O–H groups in total. The van der Waals surface area contributed by atoms with Crippen LogP contribution < -0.4 is 15.2 Å². The SMILES string of the molecule is COc1cc(CC(N)c2ccncc2)cc(Cl)c1OCc1ccc(Cl)cc1. The number of pyridine rings is 1. The molecule has 0 radical (unpaired) electrons. The maximum atomic E-state index is 6.46. The third-order valence-corrected chi connectivity index (χ3v) is 4.71. The van der Waals surface area contributed by atoms with E-state index in [1.165, 1.54) is 0 Å². The van der Waals surface area contributed by atoms with E-state index in [0.717, 1.165) is 16.7 Å². The molecule has 3 rings (SSSR count). The fourth-order valence-corrected chi connectivity index (χ4v) is 3.16. The Hall–Kier alpha value is -2.27. The van der Waals surface area contributed by atoms with Crippen LogP contribution in [0, 0.1) is 0 Å². The maximum absolute atomic E-state index is 6.46. The summed E-state index contributed by atoms with van der Waals surface area (Å²) >= 11 is 12.4. The molecule has 1 aromatic heterocycles. The van der Waals surface area contributed by atoms with Gasteiger partial charge in [-0.05, 0) is 59.5 Å². The van der Waals surface area contributed by atoms with E-state index in [1.54, 1.807) is 19.5 Å². The fourth-order valence-electron chi connectivity index (χ4n) is 2.75. The average Bonchev–Trinajstić information content (AvgIpc) is 2.68. The molecule has 3 aromatic rings. The van der Waals surface area contributed by atoms with Crippen molar-refractivity contribution in [2.24, 2.45) is 5.73 Å². The number of aromatic nitrogens is 1. The van der Waals surface area contributed by atoms with Crippen LogP contribution >= 0.6 is 23.2 Å². The second-order valence-electron chi connectivity index (χ2n) is 6.12. The molecule has 0 fully saturated rings. The van der Waals surface area contributed by atoms with Gasteiger partial charge >= 0.3 is 0 Å². The van der Waals surface area contributed by atoms with E-state index in [-0.39, 0.29) is 6.04 Å². The molecule has 4 nitrogen and oxygen atoms in total. The lowest BCUT2D eigenvalue weighted by Gasteiger charge is -2.16. The van der Waals surface area contributed by atoms with E-state index in [2.05, 4.69) is 4.98 Å². The van der Waals surface area contributed by atoms with Gasteiger partial charge in [-0.2, -0.15) is 0 Å². The summed E-state index contributed by atoms with van der Waals surface area (Å²) in [6.45, 7) is 0.364. The van der Waals surface area contributed by atoms with E-state index < -0.39 is 0 Å². The van der Waals surface area contributed by atoms with E-state index in [9.17, 15) is 0 Å². The summed E-state index contributed by atoms with van der Waals surface area (Å²) in [6.07, 6.45) is 4.09. The van der Waals surface area contributed by atoms with Gasteiger partial charge in [-0.15, -0.1) is 0 Å². The lowest BCUT2D eigenvalue weighted by molar-refractivity contribution is 0.284. The second kappa shape index (κ2) is 9.09. The number of rotatable bonds is 7. The van der Waals surface area contributed by atoms with Crippen molar-refractivity contribution in [1.29, 1.82) is 0 Å². The Bertz CT molecular complexity index is 887. The Morgan fingerprint density at radius 1 is 1.00 bits per heavy atom. The minimum absolute atomic E-state index is 0.158. The number of nitrogens with two attached hydrogens (primary N) is 1. The first-order valence-electron chi connectivity index (χ1n) is 8.46. The Morgan fingerprint density at radius 3 is 2.37 bits per heavy atom. The highest BCUT2D eigenvalue weighted by molar-refractivity contribution is 6.32. The van der Waals surface area contributed by atoms with Gasteiger partial charge in [0.2, 0.25) is 0 Å². The molecule has 0 aliphatic rings. The molecule has 1 unspecified atom stereocenters. The summed E-state index contributed by atoms with van der Waals surface area (Å²) in [5.41, 5.74) is 9.28. The summed E-state index contributed by atoms with van der Waals surface area (Å²) < 4.78 is 11.4. The van der Waals surface area contributed by atoms with Crippen LogP contribution in [-0.4, -0.2) is 12.1 Å². The van der Waals surface area contributed by atoms with Gasteiger partial charge in [0.05, 0.1) is 12.1 Å². The molecule has 0 saturated heterocycles. The van der Waals surface area contributed by atoms with Crippen molar-refractivity contribution in [2.75, 3.05) is 7.11 Å².